The predicted octanol–water partition coefficient (Wildman–Crippen LogP) is 4.58. The van der Waals surface area contributed by atoms with Gasteiger partial charge in [-0.25, -0.2) is 19.5 Å². The molecule has 10 nitrogen and oxygen atoms in total. The van der Waals surface area contributed by atoms with Crippen LogP contribution < -0.4 is 15.1 Å². The van der Waals surface area contributed by atoms with Gasteiger partial charge in [-0.15, -0.1) is 0 Å². The maximum Gasteiger partial charge on any atom is 0.393 e. The number of nitrogens with zero attached hydrogens (tertiary/aromatic N) is 5. The highest BCUT2D eigenvalue weighted by Crippen LogP contribution is 2.32. The molecule has 0 aliphatic carbocycles. The minimum atomic E-state index is -4.54. The minimum Gasteiger partial charge on any atom is -0.480 e. The SMILES string of the molecule is C=C=C=C.CCN(CC)c1ncc(CC(F)(F)F)c(N[C@@H](Cc2ccc(N3C(=O)[C@@H]4CCCN4C3=O)cc2)C(=O)O)n1. The van der Waals surface area contributed by atoms with Gasteiger partial charge in [-0.3, -0.25) is 4.79 Å². The smallest absolute Gasteiger partial charge is 0.393 e. The van der Waals surface area contributed by atoms with Crippen LogP contribution in [0.2, 0.25) is 0 Å². The molecule has 2 aliphatic heterocycles. The molecular formula is C29H33F3N6O4. The highest BCUT2D eigenvalue weighted by Gasteiger charge is 2.48. The summed E-state index contributed by atoms with van der Waals surface area (Å²) in [5.41, 5.74) is 5.30. The largest absolute Gasteiger partial charge is 0.480 e. The number of carboxylic acids is 1. The molecule has 1 aromatic carbocycles. The van der Waals surface area contributed by atoms with Crippen LogP contribution in [0.15, 0.2) is 55.1 Å². The number of alkyl halides is 3. The Hall–Kier alpha value is -4.60. The van der Waals surface area contributed by atoms with Crippen molar-refractivity contribution in [3.05, 3.63) is 66.2 Å². The van der Waals surface area contributed by atoms with Crippen molar-refractivity contribution in [2.75, 3.05) is 34.8 Å². The molecule has 0 bridgehead atoms. The summed E-state index contributed by atoms with van der Waals surface area (Å²) in [6, 6.07) is 4.19. The zero-order valence-electron chi connectivity index (χ0n) is 23.4. The van der Waals surface area contributed by atoms with Crippen LogP contribution in [0.3, 0.4) is 0 Å². The second-order valence-electron chi connectivity index (χ2n) is 9.58. The van der Waals surface area contributed by atoms with Crippen molar-refractivity contribution in [1.82, 2.24) is 14.9 Å². The fraction of sp³-hybridized carbons (Fsp3) is 0.414. The van der Waals surface area contributed by atoms with Gasteiger partial charge in [-0.1, -0.05) is 23.6 Å². The van der Waals surface area contributed by atoms with Gasteiger partial charge in [0.15, 0.2) is 0 Å². The number of amides is 3. The van der Waals surface area contributed by atoms with Crippen LogP contribution >= 0.6 is 0 Å². The number of carbonyl (C=O) groups excluding carboxylic acids is 2. The molecule has 2 aliphatic rings. The van der Waals surface area contributed by atoms with E-state index in [1.807, 2.05) is 13.8 Å². The number of nitrogens with one attached hydrogen (secondary N) is 1. The first-order valence-electron chi connectivity index (χ1n) is 13.4. The third kappa shape index (κ3) is 7.57. The number of anilines is 3. The topological polar surface area (TPSA) is 119 Å². The number of hydrogen-bond donors (Lipinski definition) is 2. The molecule has 0 spiro atoms. The first-order chi connectivity index (χ1) is 19.9. The highest BCUT2D eigenvalue weighted by molar-refractivity contribution is 6.21. The Morgan fingerprint density at radius 2 is 1.83 bits per heavy atom. The van der Waals surface area contributed by atoms with Gasteiger partial charge in [-0.05, 0) is 57.5 Å². The molecule has 4 rings (SSSR count). The van der Waals surface area contributed by atoms with E-state index in [9.17, 15) is 32.7 Å². The van der Waals surface area contributed by atoms with Crippen LogP contribution in [-0.4, -0.2) is 75.8 Å². The molecule has 2 N–H and O–H groups in total. The van der Waals surface area contributed by atoms with Crippen molar-refractivity contribution in [2.24, 2.45) is 0 Å². The number of hydrogen-bond acceptors (Lipinski definition) is 7. The van der Waals surface area contributed by atoms with E-state index < -0.39 is 30.7 Å². The molecule has 1 aromatic heterocycles. The summed E-state index contributed by atoms with van der Waals surface area (Å²) in [6.45, 7) is 11.6. The number of carbonyl (C=O) groups is 3. The van der Waals surface area contributed by atoms with Crippen LogP contribution in [0, 0.1) is 0 Å². The number of urea groups is 1. The maximum absolute atomic E-state index is 13.2. The van der Waals surface area contributed by atoms with E-state index in [-0.39, 0.29) is 35.7 Å². The lowest BCUT2D eigenvalue weighted by Gasteiger charge is -2.22. The number of fused-ring (bicyclic) bond motifs is 1. The number of carboxylic acid groups (broad SMARTS) is 1. The van der Waals surface area contributed by atoms with Crippen molar-refractivity contribution in [3.8, 4) is 0 Å². The highest BCUT2D eigenvalue weighted by atomic mass is 19.4. The summed E-state index contributed by atoms with van der Waals surface area (Å²) in [5, 5.41) is 12.5. The summed E-state index contributed by atoms with van der Waals surface area (Å²) in [5.74, 6) is -1.56. The molecular weight excluding hydrogens is 553 g/mol. The molecule has 0 saturated carbocycles. The molecule has 2 aromatic rings. The third-order valence-corrected chi connectivity index (χ3v) is 6.85. The van der Waals surface area contributed by atoms with Crippen molar-refractivity contribution in [2.45, 2.75) is 57.8 Å². The monoisotopic (exact) mass is 586 g/mol. The average molecular weight is 587 g/mol. The Morgan fingerprint density at radius 3 is 2.36 bits per heavy atom. The van der Waals surface area contributed by atoms with Crippen LogP contribution in [0.1, 0.15) is 37.8 Å². The molecule has 2 fully saturated rings. The zero-order valence-corrected chi connectivity index (χ0v) is 23.4. The van der Waals surface area contributed by atoms with E-state index >= 15 is 0 Å². The van der Waals surface area contributed by atoms with E-state index in [0.29, 0.717) is 37.3 Å². The molecule has 2 saturated heterocycles. The van der Waals surface area contributed by atoms with Crippen molar-refractivity contribution in [3.63, 3.8) is 0 Å². The lowest BCUT2D eigenvalue weighted by Crippen LogP contribution is -2.34. The van der Waals surface area contributed by atoms with Gasteiger partial charge >= 0.3 is 18.2 Å². The molecule has 3 heterocycles. The van der Waals surface area contributed by atoms with Gasteiger partial charge in [0.1, 0.15) is 17.9 Å². The molecule has 2 atom stereocenters. The quantitative estimate of drug-likeness (QED) is 0.307. The second kappa shape index (κ2) is 13.8. The Morgan fingerprint density at radius 1 is 1.19 bits per heavy atom. The van der Waals surface area contributed by atoms with Crippen LogP contribution in [0.25, 0.3) is 0 Å². The average Bonchev–Trinajstić information content (AvgIpc) is 3.53. The lowest BCUT2D eigenvalue weighted by atomic mass is 10.0. The summed E-state index contributed by atoms with van der Waals surface area (Å²) in [7, 11) is 0. The summed E-state index contributed by atoms with van der Waals surface area (Å²) in [6.07, 6.45) is -3.45. The number of imide groups is 1. The second-order valence-corrected chi connectivity index (χ2v) is 9.58. The Kier molecular flexibility index (Phi) is 10.5. The molecule has 224 valence electrons. The standard InChI is InChI=1S/C25H29F3N6O4.C4H4/c1-3-32(4-2)23-29-14-16(13-25(26,27)28)20(31-23)30-18(22(36)37)12-15-7-9-17(10-8-15)34-21(35)19-6-5-11-33(19)24(34)38;1-3-4-2/h7-10,14,18-19H,3-6,11-13H2,1-2H3,(H,36,37)(H,29,30,31);1-2H2/t18-,19-;/m0./s1. The van der Waals surface area contributed by atoms with Gasteiger partial charge in [0, 0.05) is 37.8 Å². The number of rotatable bonds is 10. The van der Waals surface area contributed by atoms with Crippen molar-refractivity contribution >= 4 is 35.4 Å². The number of halogens is 3. The molecule has 42 heavy (non-hydrogen) atoms. The van der Waals surface area contributed by atoms with Gasteiger partial charge in [0.2, 0.25) is 5.95 Å². The van der Waals surface area contributed by atoms with Gasteiger partial charge in [-0.2, -0.15) is 18.2 Å². The lowest BCUT2D eigenvalue weighted by molar-refractivity contribution is -0.137. The fourth-order valence-corrected chi connectivity index (χ4v) is 4.77. The Balaban J connectivity index is 0.00000114. The molecule has 0 radical (unpaired) electrons. The van der Waals surface area contributed by atoms with Crippen LogP contribution in [0.5, 0.6) is 0 Å². The first-order valence-corrected chi connectivity index (χ1v) is 13.4. The maximum atomic E-state index is 13.2. The zero-order chi connectivity index (χ0) is 31.0. The van der Waals surface area contributed by atoms with E-state index in [0.717, 1.165) is 17.5 Å². The molecule has 3 amide bonds. The number of aromatic nitrogens is 2. The third-order valence-electron chi connectivity index (χ3n) is 6.85. The van der Waals surface area contributed by atoms with Gasteiger partial charge < -0.3 is 20.2 Å². The molecule has 0 unspecified atom stereocenters. The Bertz CT molecular complexity index is 1330. The van der Waals surface area contributed by atoms with Gasteiger partial charge in [0.05, 0.1) is 12.1 Å². The summed E-state index contributed by atoms with van der Waals surface area (Å²) < 4.78 is 39.6. The summed E-state index contributed by atoms with van der Waals surface area (Å²) in [4.78, 5) is 50.1. The normalized spacial score (nSPS) is 16.6. The minimum absolute atomic E-state index is 0.0810. The molecule has 13 heteroatoms. The Labute approximate surface area is 241 Å². The first kappa shape index (κ1) is 31.9. The van der Waals surface area contributed by atoms with E-state index in [1.54, 1.807) is 34.1 Å². The van der Waals surface area contributed by atoms with Gasteiger partial charge in [0.25, 0.3) is 5.91 Å². The number of benzene rings is 1. The van der Waals surface area contributed by atoms with E-state index in [2.05, 4.69) is 39.9 Å². The van der Waals surface area contributed by atoms with Crippen molar-refractivity contribution < 1.29 is 32.7 Å². The summed E-state index contributed by atoms with van der Waals surface area (Å²) >= 11 is 0. The van der Waals surface area contributed by atoms with E-state index in [4.69, 9.17) is 0 Å². The predicted molar refractivity (Wildman–Crippen MR) is 151 cm³/mol. The van der Waals surface area contributed by atoms with Crippen LogP contribution in [-0.2, 0) is 22.4 Å². The number of aliphatic carboxylic acids is 1. The van der Waals surface area contributed by atoms with Crippen molar-refractivity contribution in [1.29, 1.82) is 0 Å². The van der Waals surface area contributed by atoms with Crippen LogP contribution in [0.4, 0.5) is 35.4 Å². The van der Waals surface area contributed by atoms with E-state index in [1.165, 1.54) is 0 Å². The fourth-order valence-electron chi connectivity index (χ4n) is 4.77.